The normalized spacial score (nSPS) is 20.7. The molecule has 4 rings (SSSR count). The molecule has 0 unspecified atom stereocenters. The molecule has 2 saturated heterocycles. The van der Waals surface area contributed by atoms with Crippen molar-refractivity contribution in [3.63, 3.8) is 0 Å². The number of nitrogens with zero attached hydrogens (tertiary/aromatic N) is 1. The molecule has 0 aliphatic carbocycles. The predicted octanol–water partition coefficient (Wildman–Crippen LogP) is 3.69. The van der Waals surface area contributed by atoms with E-state index in [1.54, 1.807) is 0 Å². The zero-order valence-corrected chi connectivity index (χ0v) is 16.4. The van der Waals surface area contributed by atoms with Crippen LogP contribution in [0.25, 0.3) is 10.9 Å². The molecule has 0 saturated carbocycles. The molecule has 6 heteroatoms. The molecule has 1 aromatic heterocycles. The Hall–Kier alpha value is -0.780. The van der Waals surface area contributed by atoms with Crippen LogP contribution in [-0.2, 0) is 4.74 Å². The third-order valence-corrected chi connectivity index (χ3v) is 5.50. The summed E-state index contributed by atoms with van der Waals surface area (Å²) in [7, 11) is 0. The highest BCUT2D eigenvalue weighted by Gasteiger charge is 2.33. The number of benzene rings is 1. The van der Waals surface area contributed by atoms with E-state index < -0.39 is 0 Å². The van der Waals surface area contributed by atoms with Crippen LogP contribution in [0.2, 0.25) is 0 Å². The SMILES string of the molecule is Cc1[nH]c2ccccc2c1[C@@H](C1CCOCC1)N1CCNCC1.Cl.Cl. The first-order valence-electron chi connectivity index (χ1n) is 8.94. The van der Waals surface area contributed by atoms with Crippen LogP contribution in [0.3, 0.4) is 0 Å². The Morgan fingerprint density at radius 1 is 1.08 bits per heavy atom. The van der Waals surface area contributed by atoms with Crippen LogP contribution in [-0.4, -0.2) is 49.3 Å². The number of nitrogens with one attached hydrogen (secondary N) is 2. The zero-order valence-electron chi connectivity index (χ0n) is 14.8. The van der Waals surface area contributed by atoms with Crippen molar-refractivity contribution in [2.75, 3.05) is 39.4 Å². The highest BCUT2D eigenvalue weighted by Crippen LogP contribution is 2.40. The zero-order chi connectivity index (χ0) is 15.6. The number of para-hydroxylation sites is 1. The van der Waals surface area contributed by atoms with Crippen molar-refractivity contribution in [1.29, 1.82) is 0 Å². The largest absolute Gasteiger partial charge is 0.381 e. The molecule has 1 atom stereocenters. The lowest BCUT2D eigenvalue weighted by Crippen LogP contribution is -2.47. The molecule has 2 aromatic rings. The number of hydrogen-bond acceptors (Lipinski definition) is 3. The molecule has 3 heterocycles. The molecule has 2 N–H and O–H groups in total. The van der Waals surface area contributed by atoms with Gasteiger partial charge in [-0.15, -0.1) is 24.8 Å². The van der Waals surface area contributed by atoms with Crippen molar-refractivity contribution >= 4 is 35.7 Å². The Morgan fingerprint density at radius 3 is 2.48 bits per heavy atom. The number of aryl methyl sites for hydroxylation is 1. The summed E-state index contributed by atoms with van der Waals surface area (Å²) in [4.78, 5) is 6.32. The second-order valence-electron chi connectivity index (χ2n) is 6.89. The minimum atomic E-state index is 0. The fraction of sp³-hybridized carbons (Fsp3) is 0.579. The number of aromatic nitrogens is 1. The maximum Gasteiger partial charge on any atom is 0.0469 e. The summed E-state index contributed by atoms with van der Waals surface area (Å²) in [5, 5.41) is 4.90. The maximum absolute atomic E-state index is 5.63. The maximum atomic E-state index is 5.63. The van der Waals surface area contributed by atoms with E-state index in [-0.39, 0.29) is 24.8 Å². The molecular formula is C19H29Cl2N3O. The molecule has 0 radical (unpaired) electrons. The van der Waals surface area contributed by atoms with Gasteiger partial charge in [0.05, 0.1) is 0 Å². The van der Waals surface area contributed by atoms with Crippen LogP contribution in [0.5, 0.6) is 0 Å². The molecule has 140 valence electrons. The number of fused-ring (bicyclic) bond motifs is 1. The summed E-state index contributed by atoms with van der Waals surface area (Å²) >= 11 is 0. The average Bonchev–Trinajstić information content (AvgIpc) is 2.94. The first-order valence-corrected chi connectivity index (χ1v) is 8.94. The second kappa shape index (κ2) is 9.24. The number of piperazine rings is 1. The van der Waals surface area contributed by atoms with E-state index in [0.717, 1.165) is 39.4 Å². The van der Waals surface area contributed by atoms with Gasteiger partial charge in [-0.05, 0) is 37.3 Å². The number of aromatic amines is 1. The average molecular weight is 386 g/mol. The number of rotatable bonds is 3. The predicted molar refractivity (Wildman–Crippen MR) is 108 cm³/mol. The van der Waals surface area contributed by atoms with Crippen molar-refractivity contribution in [3.8, 4) is 0 Å². The van der Waals surface area contributed by atoms with Crippen molar-refractivity contribution in [1.82, 2.24) is 15.2 Å². The van der Waals surface area contributed by atoms with Gasteiger partial charge < -0.3 is 15.0 Å². The molecule has 2 aliphatic heterocycles. The van der Waals surface area contributed by atoms with Crippen LogP contribution in [0.1, 0.15) is 30.1 Å². The third kappa shape index (κ3) is 4.15. The van der Waals surface area contributed by atoms with Crippen molar-refractivity contribution < 1.29 is 4.74 Å². The highest BCUT2D eigenvalue weighted by molar-refractivity contribution is 5.86. The topological polar surface area (TPSA) is 40.3 Å². The van der Waals surface area contributed by atoms with Gasteiger partial charge in [0.2, 0.25) is 0 Å². The van der Waals surface area contributed by atoms with E-state index in [4.69, 9.17) is 4.74 Å². The minimum absolute atomic E-state index is 0. The molecule has 0 spiro atoms. The Morgan fingerprint density at radius 2 is 1.76 bits per heavy atom. The molecule has 2 fully saturated rings. The van der Waals surface area contributed by atoms with Crippen LogP contribution in [0.15, 0.2) is 24.3 Å². The third-order valence-electron chi connectivity index (χ3n) is 5.50. The van der Waals surface area contributed by atoms with Crippen molar-refractivity contribution in [2.45, 2.75) is 25.8 Å². The van der Waals surface area contributed by atoms with Gasteiger partial charge in [0.15, 0.2) is 0 Å². The number of halogens is 2. The summed E-state index contributed by atoms with van der Waals surface area (Å²) in [6.45, 7) is 8.54. The lowest BCUT2D eigenvalue weighted by atomic mass is 9.84. The molecule has 25 heavy (non-hydrogen) atoms. The van der Waals surface area contributed by atoms with E-state index in [0.29, 0.717) is 12.0 Å². The van der Waals surface area contributed by atoms with E-state index >= 15 is 0 Å². The highest BCUT2D eigenvalue weighted by atomic mass is 35.5. The van der Waals surface area contributed by atoms with Crippen LogP contribution in [0, 0.1) is 12.8 Å². The fourth-order valence-corrected chi connectivity index (χ4v) is 4.39. The molecule has 1 aromatic carbocycles. The van der Waals surface area contributed by atoms with Gasteiger partial charge in [-0.2, -0.15) is 0 Å². The minimum Gasteiger partial charge on any atom is -0.381 e. The van der Waals surface area contributed by atoms with Gasteiger partial charge >= 0.3 is 0 Å². The number of H-pyrrole nitrogens is 1. The fourth-order valence-electron chi connectivity index (χ4n) is 4.39. The second-order valence-corrected chi connectivity index (χ2v) is 6.89. The lowest BCUT2D eigenvalue weighted by molar-refractivity contribution is 0.0215. The van der Waals surface area contributed by atoms with Crippen molar-refractivity contribution in [2.24, 2.45) is 5.92 Å². The summed E-state index contributed by atoms with van der Waals surface area (Å²) in [5.41, 5.74) is 4.13. The number of ether oxygens (including phenoxy) is 1. The molecular weight excluding hydrogens is 357 g/mol. The van der Waals surface area contributed by atoms with Gasteiger partial charge in [0, 0.05) is 62.0 Å². The van der Waals surface area contributed by atoms with Gasteiger partial charge in [0.1, 0.15) is 0 Å². The monoisotopic (exact) mass is 385 g/mol. The Bertz CT molecular complexity index is 646. The molecule has 0 bridgehead atoms. The summed E-state index contributed by atoms with van der Waals surface area (Å²) in [5.74, 6) is 0.694. The van der Waals surface area contributed by atoms with E-state index in [1.807, 2.05) is 0 Å². The van der Waals surface area contributed by atoms with E-state index in [1.165, 1.54) is 35.0 Å². The summed E-state index contributed by atoms with van der Waals surface area (Å²) in [6.07, 6.45) is 2.35. The van der Waals surface area contributed by atoms with Gasteiger partial charge in [-0.1, -0.05) is 18.2 Å². The van der Waals surface area contributed by atoms with Gasteiger partial charge in [-0.3, -0.25) is 4.90 Å². The van der Waals surface area contributed by atoms with Crippen LogP contribution < -0.4 is 5.32 Å². The van der Waals surface area contributed by atoms with Gasteiger partial charge in [-0.25, -0.2) is 0 Å². The van der Waals surface area contributed by atoms with Crippen molar-refractivity contribution in [3.05, 3.63) is 35.5 Å². The smallest absolute Gasteiger partial charge is 0.0469 e. The Balaban J connectivity index is 0.00000113. The van der Waals surface area contributed by atoms with Gasteiger partial charge in [0.25, 0.3) is 0 Å². The number of hydrogen-bond donors (Lipinski definition) is 2. The Kier molecular flexibility index (Phi) is 7.59. The standard InChI is InChI=1S/C19H27N3O.2ClH/c1-14-18(16-4-2-3-5-17(16)21-14)19(15-6-12-23-13-7-15)22-10-8-20-9-11-22;;/h2-5,15,19-21H,6-13H2,1H3;2*1H/t19-;;/m1../s1. The first-order chi connectivity index (χ1) is 11.3. The van der Waals surface area contributed by atoms with Crippen LogP contribution >= 0.6 is 24.8 Å². The first kappa shape index (κ1) is 20.5. The van der Waals surface area contributed by atoms with E-state index in [2.05, 4.69) is 46.4 Å². The quantitative estimate of drug-likeness (QED) is 0.845. The molecule has 2 aliphatic rings. The van der Waals surface area contributed by atoms with Crippen LogP contribution in [0.4, 0.5) is 0 Å². The molecule has 0 amide bonds. The lowest BCUT2D eigenvalue weighted by Gasteiger charge is -2.41. The summed E-state index contributed by atoms with van der Waals surface area (Å²) < 4.78 is 5.63. The Labute approximate surface area is 162 Å². The molecule has 4 nitrogen and oxygen atoms in total. The summed E-state index contributed by atoms with van der Waals surface area (Å²) in [6, 6.07) is 9.28. The van der Waals surface area contributed by atoms with E-state index in [9.17, 15) is 0 Å².